The molecule has 8 nitrogen and oxygen atoms in total. The number of benzene rings is 1. The monoisotopic (exact) mass is 518 g/mol. The number of carbonyl (C=O) groups excluding carboxylic acids is 1. The molecule has 1 atom stereocenters. The molecule has 0 radical (unpaired) electrons. The first-order valence-electron chi connectivity index (χ1n) is 11.6. The van der Waals surface area contributed by atoms with E-state index in [1.165, 1.54) is 24.3 Å². The number of anilines is 1. The van der Waals surface area contributed by atoms with Gasteiger partial charge in [0.1, 0.15) is 12.3 Å². The van der Waals surface area contributed by atoms with Gasteiger partial charge in [0.25, 0.3) is 5.91 Å². The van der Waals surface area contributed by atoms with E-state index in [1.807, 2.05) is 19.1 Å². The fraction of sp³-hybridized carbons (Fsp3) is 0.346. The van der Waals surface area contributed by atoms with Gasteiger partial charge in [-0.3, -0.25) is 15.1 Å². The summed E-state index contributed by atoms with van der Waals surface area (Å²) in [7, 11) is 0. The van der Waals surface area contributed by atoms with E-state index in [9.17, 15) is 23.1 Å². The number of aliphatic hydroxyl groups is 1. The number of ether oxygens (including phenoxy) is 2. The minimum absolute atomic E-state index is 0.0141. The van der Waals surface area contributed by atoms with Crippen LogP contribution in [0, 0.1) is 6.92 Å². The standard InChI is InChI=1S/C18H23N3O3.C8H6F3NO/c1-13(22)12-24-18-17(21-6-8-23-9-7-21)10-15(11-20-18)16-4-3-5-19-14(16)2;9-8(10,11)12-7(13)6-4-2-1-3-5-6/h3-5,10-11,13,22H,6-9,12H2,1-2H3;1-5H,(H,12,13). The lowest BCUT2D eigenvalue weighted by atomic mass is 10.1. The quantitative estimate of drug-likeness (QED) is 0.477. The number of aliphatic hydroxyl groups excluding tert-OH is 1. The van der Waals surface area contributed by atoms with Crippen LogP contribution >= 0.6 is 0 Å². The lowest BCUT2D eigenvalue weighted by molar-refractivity contribution is -0.146. The smallest absolute Gasteiger partial charge is 0.473 e. The van der Waals surface area contributed by atoms with E-state index in [4.69, 9.17) is 9.47 Å². The van der Waals surface area contributed by atoms with Crippen LogP contribution in [0.3, 0.4) is 0 Å². The predicted octanol–water partition coefficient (Wildman–Crippen LogP) is 3.98. The number of carbonyl (C=O) groups is 1. The third kappa shape index (κ3) is 8.72. The number of aryl methyl sites for hydroxylation is 1. The maximum atomic E-state index is 11.7. The summed E-state index contributed by atoms with van der Waals surface area (Å²) in [4.78, 5) is 21.9. The van der Waals surface area contributed by atoms with E-state index in [0.29, 0.717) is 19.1 Å². The highest BCUT2D eigenvalue weighted by molar-refractivity contribution is 5.94. The molecule has 1 aliphatic rings. The summed E-state index contributed by atoms with van der Waals surface area (Å²) in [5.74, 6) is -0.601. The van der Waals surface area contributed by atoms with E-state index in [2.05, 4.69) is 20.9 Å². The highest BCUT2D eigenvalue weighted by Crippen LogP contribution is 2.32. The lowest BCUT2D eigenvalue weighted by Gasteiger charge is -2.30. The van der Waals surface area contributed by atoms with Gasteiger partial charge >= 0.3 is 6.30 Å². The maximum Gasteiger partial charge on any atom is 0.484 e. The van der Waals surface area contributed by atoms with Crippen LogP contribution in [0.5, 0.6) is 5.88 Å². The fourth-order valence-corrected chi connectivity index (χ4v) is 3.51. The van der Waals surface area contributed by atoms with Crippen molar-refractivity contribution in [1.29, 1.82) is 0 Å². The van der Waals surface area contributed by atoms with E-state index in [1.54, 1.807) is 25.4 Å². The van der Waals surface area contributed by atoms with Crippen molar-refractivity contribution in [3.8, 4) is 17.0 Å². The Bertz CT molecular complexity index is 1150. The van der Waals surface area contributed by atoms with Crippen LogP contribution in [0.25, 0.3) is 11.1 Å². The highest BCUT2D eigenvalue weighted by atomic mass is 19.4. The van der Waals surface area contributed by atoms with Crippen LogP contribution in [0.2, 0.25) is 0 Å². The van der Waals surface area contributed by atoms with Gasteiger partial charge in [-0.1, -0.05) is 24.3 Å². The Labute approximate surface area is 213 Å². The normalized spacial score (nSPS) is 14.3. The Morgan fingerprint density at radius 2 is 1.86 bits per heavy atom. The second-order valence-electron chi connectivity index (χ2n) is 8.26. The van der Waals surface area contributed by atoms with Crippen molar-refractivity contribution in [2.45, 2.75) is 26.3 Å². The van der Waals surface area contributed by atoms with Gasteiger partial charge in [0, 0.05) is 47.9 Å². The van der Waals surface area contributed by atoms with Gasteiger partial charge in [0.15, 0.2) is 0 Å². The molecular formula is C26H29F3N4O4. The van der Waals surface area contributed by atoms with Crippen molar-refractivity contribution in [2.75, 3.05) is 37.8 Å². The summed E-state index contributed by atoms with van der Waals surface area (Å²) in [6.45, 7) is 6.86. The molecule has 2 aromatic heterocycles. The molecule has 1 aromatic carbocycles. The number of hydrogen-bond donors (Lipinski definition) is 2. The molecule has 0 spiro atoms. The number of alkyl halides is 3. The lowest BCUT2D eigenvalue weighted by Crippen LogP contribution is -2.37. The zero-order chi connectivity index (χ0) is 26.8. The summed E-state index contributed by atoms with van der Waals surface area (Å²) < 4.78 is 46.1. The third-order valence-electron chi connectivity index (χ3n) is 5.25. The molecule has 1 fully saturated rings. The zero-order valence-electron chi connectivity index (χ0n) is 20.5. The maximum absolute atomic E-state index is 11.7. The minimum Gasteiger partial charge on any atom is -0.473 e. The van der Waals surface area contributed by atoms with E-state index in [-0.39, 0.29) is 12.2 Å². The molecule has 0 bridgehead atoms. The minimum atomic E-state index is -4.67. The number of amides is 1. The number of nitrogens with one attached hydrogen (secondary N) is 1. The van der Waals surface area contributed by atoms with Crippen molar-refractivity contribution in [3.05, 3.63) is 72.2 Å². The van der Waals surface area contributed by atoms with Crippen molar-refractivity contribution >= 4 is 11.6 Å². The largest absolute Gasteiger partial charge is 0.484 e. The molecule has 37 heavy (non-hydrogen) atoms. The summed E-state index contributed by atoms with van der Waals surface area (Å²) >= 11 is 0. The van der Waals surface area contributed by atoms with Crippen LogP contribution in [0.15, 0.2) is 60.9 Å². The molecular weight excluding hydrogens is 489 g/mol. The summed E-state index contributed by atoms with van der Waals surface area (Å²) in [5, 5.41) is 10.4. The van der Waals surface area contributed by atoms with Crippen LogP contribution in [-0.4, -0.2) is 66.3 Å². The van der Waals surface area contributed by atoms with Crippen molar-refractivity contribution in [2.24, 2.45) is 0 Å². The first-order chi connectivity index (χ1) is 17.6. The van der Waals surface area contributed by atoms with Gasteiger partial charge in [0.05, 0.1) is 19.3 Å². The van der Waals surface area contributed by atoms with Crippen molar-refractivity contribution < 1.29 is 32.5 Å². The number of nitrogens with zero attached hydrogens (tertiary/aromatic N) is 3. The fourth-order valence-electron chi connectivity index (χ4n) is 3.51. The van der Waals surface area contributed by atoms with Crippen LogP contribution in [0.4, 0.5) is 18.9 Å². The molecule has 3 heterocycles. The van der Waals surface area contributed by atoms with Crippen LogP contribution in [-0.2, 0) is 4.74 Å². The van der Waals surface area contributed by atoms with Gasteiger partial charge in [-0.05, 0) is 38.1 Å². The number of aromatic nitrogens is 2. The molecule has 0 aliphatic carbocycles. The number of hydrogen-bond acceptors (Lipinski definition) is 7. The van der Waals surface area contributed by atoms with Crippen molar-refractivity contribution in [3.63, 3.8) is 0 Å². The van der Waals surface area contributed by atoms with Crippen LogP contribution < -0.4 is 15.0 Å². The van der Waals surface area contributed by atoms with Gasteiger partial charge in [-0.25, -0.2) is 4.98 Å². The number of morpholine rings is 1. The first kappa shape index (κ1) is 27.9. The Kier molecular flexibility index (Phi) is 9.81. The molecule has 198 valence electrons. The SMILES string of the molecule is Cc1ncccc1-c1cnc(OCC(C)O)c(N2CCOCC2)c1.O=C(NC(F)(F)F)c1ccccc1. The third-order valence-corrected chi connectivity index (χ3v) is 5.25. The van der Waals surface area contributed by atoms with E-state index in [0.717, 1.165) is 40.9 Å². The zero-order valence-corrected chi connectivity index (χ0v) is 20.5. The number of rotatable bonds is 6. The van der Waals surface area contributed by atoms with Gasteiger partial charge in [-0.15, -0.1) is 0 Å². The number of halogens is 3. The molecule has 1 amide bonds. The van der Waals surface area contributed by atoms with Crippen molar-refractivity contribution in [1.82, 2.24) is 15.3 Å². The average molecular weight is 519 g/mol. The van der Waals surface area contributed by atoms with Gasteiger partial charge in [-0.2, -0.15) is 13.2 Å². The molecule has 1 unspecified atom stereocenters. The number of pyridine rings is 2. The predicted molar refractivity (Wildman–Crippen MR) is 132 cm³/mol. The topological polar surface area (TPSA) is 96.8 Å². The molecule has 1 aliphatic heterocycles. The Balaban J connectivity index is 0.000000248. The second kappa shape index (κ2) is 13.0. The summed E-state index contributed by atoms with van der Waals surface area (Å²) in [5.41, 5.74) is 3.94. The molecule has 2 N–H and O–H groups in total. The molecule has 1 saturated heterocycles. The highest BCUT2D eigenvalue weighted by Gasteiger charge is 2.30. The van der Waals surface area contributed by atoms with E-state index >= 15 is 0 Å². The Hall–Kier alpha value is -3.70. The molecule has 3 aromatic rings. The summed E-state index contributed by atoms with van der Waals surface area (Å²) in [6.07, 6.45) is -1.63. The Morgan fingerprint density at radius 3 is 2.49 bits per heavy atom. The van der Waals surface area contributed by atoms with E-state index < -0.39 is 18.3 Å². The van der Waals surface area contributed by atoms with Crippen LogP contribution in [0.1, 0.15) is 23.0 Å². The van der Waals surface area contributed by atoms with Gasteiger partial charge in [0.2, 0.25) is 5.88 Å². The average Bonchev–Trinajstić information content (AvgIpc) is 2.88. The second-order valence-corrected chi connectivity index (χ2v) is 8.26. The molecule has 4 rings (SSSR count). The molecule has 0 saturated carbocycles. The first-order valence-corrected chi connectivity index (χ1v) is 11.6. The van der Waals surface area contributed by atoms with Gasteiger partial charge < -0.3 is 19.5 Å². The Morgan fingerprint density at radius 1 is 1.16 bits per heavy atom. The summed E-state index contributed by atoms with van der Waals surface area (Å²) in [6, 6.07) is 13.3. The molecule has 11 heteroatoms.